The SMILES string of the molecule is COc1ccccc1NC(=O)CN1C(=O)COc2ccc(C(C)N)cc21. The average Bonchev–Trinajstić information content (AvgIpc) is 2.64. The summed E-state index contributed by atoms with van der Waals surface area (Å²) in [5.41, 5.74) is 7.88. The van der Waals surface area contributed by atoms with Crippen molar-refractivity contribution < 1.29 is 19.1 Å². The fourth-order valence-corrected chi connectivity index (χ4v) is 2.76. The Morgan fingerprint density at radius 1 is 1.35 bits per heavy atom. The highest BCUT2D eigenvalue weighted by atomic mass is 16.5. The van der Waals surface area contributed by atoms with E-state index in [4.69, 9.17) is 15.2 Å². The van der Waals surface area contributed by atoms with Gasteiger partial charge in [-0.3, -0.25) is 14.5 Å². The van der Waals surface area contributed by atoms with Crippen molar-refractivity contribution >= 4 is 23.2 Å². The van der Waals surface area contributed by atoms with Crippen molar-refractivity contribution in [3.63, 3.8) is 0 Å². The first kappa shape index (κ1) is 17.8. The molecule has 2 amide bonds. The van der Waals surface area contributed by atoms with Gasteiger partial charge in [0.15, 0.2) is 6.61 Å². The van der Waals surface area contributed by atoms with Crippen LogP contribution in [0.3, 0.4) is 0 Å². The van der Waals surface area contributed by atoms with E-state index in [0.717, 1.165) is 5.56 Å². The third kappa shape index (κ3) is 3.62. The summed E-state index contributed by atoms with van der Waals surface area (Å²) in [6.07, 6.45) is 0. The van der Waals surface area contributed by atoms with Gasteiger partial charge in [-0.1, -0.05) is 18.2 Å². The van der Waals surface area contributed by atoms with Crippen LogP contribution in [0.4, 0.5) is 11.4 Å². The fraction of sp³-hybridized carbons (Fsp3) is 0.263. The number of anilines is 2. The first-order valence-corrected chi connectivity index (χ1v) is 8.25. The molecule has 2 aromatic rings. The number of nitrogens with zero attached hydrogens (tertiary/aromatic N) is 1. The molecule has 1 aliphatic rings. The van der Waals surface area contributed by atoms with Gasteiger partial charge in [-0.2, -0.15) is 0 Å². The molecule has 0 radical (unpaired) electrons. The second-order valence-corrected chi connectivity index (χ2v) is 6.03. The molecule has 0 aromatic heterocycles. The number of carbonyl (C=O) groups is 2. The Kier molecular flexibility index (Phi) is 5.09. The van der Waals surface area contributed by atoms with E-state index < -0.39 is 0 Å². The monoisotopic (exact) mass is 355 g/mol. The summed E-state index contributed by atoms with van der Waals surface area (Å²) in [6.45, 7) is 1.62. The molecule has 1 atom stereocenters. The summed E-state index contributed by atoms with van der Waals surface area (Å²) in [6, 6.07) is 12.3. The topological polar surface area (TPSA) is 93.9 Å². The third-order valence-corrected chi connectivity index (χ3v) is 4.13. The largest absolute Gasteiger partial charge is 0.495 e. The molecular weight excluding hydrogens is 334 g/mol. The van der Waals surface area contributed by atoms with Crippen LogP contribution in [0.25, 0.3) is 0 Å². The number of amides is 2. The van der Waals surface area contributed by atoms with Gasteiger partial charge in [0.25, 0.3) is 5.91 Å². The van der Waals surface area contributed by atoms with Crippen LogP contribution in [0.5, 0.6) is 11.5 Å². The van der Waals surface area contributed by atoms with Crippen molar-refractivity contribution in [2.45, 2.75) is 13.0 Å². The minimum absolute atomic E-state index is 0.105. The lowest BCUT2D eigenvalue weighted by Gasteiger charge is -2.29. The van der Waals surface area contributed by atoms with Crippen LogP contribution < -0.4 is 25.4 Å². The number of para-hydroxylation sites is 2. The first-order valence-electron chi connectivity index (χ1n) is 8.25. The molecule has 1 heterocycles. The molecule has 0 saturated carbocycles. The van der Waals surface area contributed by atoms with E-state index >= 15 is 0 Å². The van der Waals surface area contributed by atoms with Crippen molar-refractivity contribution in [2.75, 3.05) is 30.5 Å². The van der Waals surface area contributed by atoms with E-state index in [9.17, 15) is 9.59 Å². The van der Waals surface area contributed by atoms with E-state index in [1.165, 1.54) is 12.0 Å². The molecule has 3 rings (SSSR count). The molecule has 0 aliphatic carbocycles. The van der Waals surface area contributed by atoms with Gasteiger partial charge in [0.05, 0.1) is 18.5 Å². The van der Waals surface area contributed by atoms with Crippen molar-refractivity contribution in [3.05, 3.63) is 48.0 Å². The van der Waals surface area contributed by atoms with Crippen LogP contribution in [-0.4, -0.2) is 32.1 Å². The normalized spacial score (nSPS) is 14.3. The number of rotatable bonds is 5. The molecule has 7 heteroatoms. The molecule has 7 nitrogen and oxygen atoms in total. The highest BCUT2D eigenvalue weighted by Crippen LogP contribution is 2.34. The highest BCUT2D eigenvalue weighted by molar-refractivity contribution is 6.05. The summed E-state index contributed by atoms with van der Waals surface area (Å²) in [4.78, 5) is 26.2. The van der Waals surface area contributed by atoms with E-state index in [-0.39, 0.29) is 31.0 Å². The molecule has 2 aromatic carbocycles. The lowest BCUT2D eigenvalue weighted by Crippen LogP contribution is -2.43. The van der Waals surface area contributed by atoms with Gasteiger partial charge in [0, 0.05) is 6.04 Å². The minimum Gasteiger partial charge on any atom is -0.495 e. The van der Waals surface area contributed by atoms with Gasteiger partial charge in [0.1, 0.15) is 18.0 Å². The molecule has 1 aliphatic heterocycles. The van der Waals surface area contributed by atoms with E-state index in [1.54, 1.807) is 30.3 Å². The van der Waals surface area contributed by atoms with E-state index in [1.807, 2.05) is 19.1 Å². The van der Waals surface area contributed by atoms with Crippen molar-refractivity contribution in [2.24, 2.45) is 5.73 Å². The summed E-state index contributed by atoms with van der Waals surface area (Å²) in [7, 11) is 1.53. The maximum atomic E-state index is 12.5. The molecule has 26 heavy (non-hydrogen) atoms. The Balaban J connectivity index is 1.82. The zero-order valence-corrected chi connectivity index (χ0v) is 14.7. The molecule has 0 bridgehead atoms. The predicted octanol–water partition coefficient (Wildman–Crippen LogP) is 2.08. The fourth-order valence-electron chi connectivity index (χ4n) is 2.76. The van der Waals surface area contributed by atoms with Crippen molar-refractivity contribution in [1.29, 1.82) is 0 Å². The van der Waals surface area contributed by atoms with Crippen LogP contribution in [0.15, 0.2) is 42.5 Å². The summed E-state index contributed by atoms with van der Waals surface area (Å²) < 4.78 is 10.7. The van der Waals surface area contributed by atoms with Gasteiger partial charge >= 0.3 is 0 Å². The highest BCUT2D eigenvalue weighted by Gasteiger charge is 2.28. The smallest absolute Gasteiger partial charge is 0.265 e. The zero-order valence-electron chi connectivity index (χ0n) is 14.7. The Morgan fingerprint density at radius 3 is 2.85 bits per heavy atom. The summed E-state index contributed by atoms with van der Waals surface area (Å²) in [5.74, 6) is 0.490. The number of methoxy groups -OCH3 is 1. The Morgan fingerprint density at radius 2 is 2.12 bits per heavy atom. The second-order valence-electron chi connectivity index (χ2n) is 6.03. The third-order valence-electron chi connectivity index (χ3n) is 4.13. The van der Waals surface area contributed by atoms with E-state index in [2.05, 4.69) is 5.32 Å². The number of nitrogens with two attached hydrogens (primary N) is 1. The van der Waals surface area contributed by atoms with Gasteiger partial charge in [-0.15, -0.1) is 0 Å². The van der Waals surface area contributed by atoms with Gasteiger partial charge in [-0.25, -0.2) is 0 Å². The lowest BCUT2D eigenvalue weighted by atomic mass is 10.1. The maximum Gasteiger partial charge on any atom is 0.265 e. The number of hydrogen-bond acceptors (Lipinski definition) is 5. The van der Waals surface area contributed by atoms with Crippen molar-refractivity contribution in [3.8, 4) is 11.5 Å². The van der Waals surface area contributed by atoms with Crippen LogP contribution in [-0.2, 0) is 9.59 Å². The number of hydrogen-bond donors (Lipinski definition) is 2. The lowest BCUT2D eigenvalue weighted by molar-refractivity contribution is -0.123. The van der Waals surface area contributed by atoms with Gasteiger partial charge in [0.2, 0.25) is 5.91 Å². The van der Waals surface area contributed by atoms with Crippen LogP contribution in [0.2, 0.25) is 0 Å². The van der Waals surface area contributed by atoms with E-state index in [0.29, 0.717) is 22.9 Å². The number of benzene rings is 2. The zero-order chi connectivity index (χ0) is 18.7. The van der Waals surface area contributed by atoms with Crippen LogP contribution in [0.1, 0.15) is 18.5 Å². The number of nitrogens with one attached hydrogen (secondary N) is 1. The number of fused-ring (bicyclic) bond motifs is 1. The minimum atomic E-state index is -0.332. The molecule has 136 valence electrons. The van der Waals surface area contributed by atoms with Gasteiger partial charge in [-0.05, 0) is 36.8 Å². The van der Waals surface area contributed by atoms with Gasteiger partial charge < -0.3 is 20.5 Å². The molecule has 0 saturated heterocycles. The van der Waals surface area contributed by atoms with Crippen LogP contribution in [0, 0.1) is 0 Å². The Bertz CT molecular complexity index is 835. The average molecular weight is 355 g/mol. The Hall–Kier alpha value is -3.06. The maximum absolute atomic E-state index is 12.5. The number of ether oxygens (including phenoxy) is 2. The first-order chi connectivity index (χ1) is 12.5. The standard InChI is InChI=1S/C19H21N3O4/c1-12(20)13-7-8-17-15(9-13)22(19(24)11-26-17)10-18(23)21-14-5-3-4-6-16(14)25-2/h3-9,12H,10-11,20H2,1-2H3,(H,21,23). The predicted molar refractivity (Wildman–Crippen MR) is 98.5 cm³/mol. The van der Waals surface area contributed by atoms with Crippen LogP contribution >= 0.6 is 0 Å². The molecule has 3 N–H and O–H groups in total. The molecular formula is C19H21N3O4. The number of carbonyl (C=O) groups excluding carboxylic acids is 2. The molecule has 1 unspecified atom stereocenters. The quantitative estimate of drug-likeness (QED) is 0.856. The van der Waals surface area contributed by atoms with Crippen molar-refractivity contribution in [1.82, 2.24) is 0 Å². The summed E-state index contributed by atoms with van der Waals surface area (Å²) in [5, 5.41) is 2.77. The Labute approximate surface area is 151 Å². The molecule has 0 spiro atoms. The molecule has 0 fully saturated rings. The summed E-state index contributed by atoms with van der Waals surface area (Å²) >= 11 is 0. The second kappa shape index (κ2) is 7.45.